The summed E-state index contributed by atoms with van der Waals surface area (Å²) in [4.78, 5) is 0. The van der Waals surface area contributed by atoms with Gasteiger partial charge in [0.2, 0.25) is 0 Å². The normalized spacial score (nSPS) is 13.2. The molecule has 1 unspecified atom stereocenters. The van der Waals surface area contributed by atoms with Crippen molar-refractivity contribution >= 4 is 11.8 Å². The van der Waals surface area contributed by atoms with Crippen molar-refractivity contribution in [3.63, 3.8) is 0 Å². The minimum atomic E-state index is 0.116. The molecule has 0 aliphatic heterocycles. The summed E-state index contributed by atoms with van der Waals surface area (Å²) in [6.45, 7) is 3.31. The molecule has 0 saturated heterocycles. The first-order chi connectivity index (χ1) is 5.77. The maximum atomic E-state index is 8.39. The lowest BCUT2D eigenvalue weighted by atomic mass is 10.3. The SMILES string of the molecule is CC(N)CCSCCOCCO. The number of hydrogen-bond donors (Lipinski definition) is 2. The first kappa shape index (κ1) is 12.2. The Morgan fingerprint density at radius 2 is 2.17 bits per heavy atom. The Hall–Kier alpha value is 0.230. The van der Waals surface area contributed by atoms with Crippen LogP contribution in [0.3, 0.4) is 0 Å². The highest BCUT2D eigenvalue weighted by Crippen LogP contribution is 2.03. The van der Waals surface area contributed by atoms with Gasteiger partial charge < -0.3 is 15.6 Å². The van der Waals surface area contributed by atoms with Crippen molar-refractivity contribution in [3.8, 4) is 0 Å². The van der Waals surface area contributed by atoms with Gasteiger partial charge in [-0.15, -0.1) is 0 Å². The highest BCUT2D eigenvalue weighted by molar-refractivity contribution is 7.99. The largest absolute Gasteiger partial charge is 0.394 e. The van der Waals surface area contributed by atoms with Gasteiger partial charge in [0.1, 0.15) is 0 Å². The molecule has 4 heteroatoms. The van der Waals surface area contributed by atoms with Crippen LogP contribution in [0.2, 0.25) is 0 Å². The second-order valence-corrected chi connectivity index (χ2v) is 3.94. The third-order valence-corrected chi connectivity index (χ3v) is 2.30. The Bertz CT molecular complexity index is 91.1. The van der Waals surface area contributed by atoms with Crippen LogP contribution in [-0.4, -0.2) is 42.5 Å². The van der Waals surface area contributed by atoms with Crippen LogP contribution < -0.4 is 5.73 Å². The van der Waals surface area contributed by atoms with Crippen molar-refractivity contribution in [1.29, 1.82) is 0 Å². The molecule has 3 N–H and O–H groups in total. The lowest BCUT2D eigenvalue weighted by Crippen LogP contribution is -2.15. The highest BCUT2D eigenvalue weighted by atomic mass is 32.2. The van der Waals surface area contributed by atoms with E-state index in [4.69, 9.17) is 15.6 Å². The van der Waals surface area contributed by atoms with Gasteiger partial charge in [-0.05, 0) is 19.1 Å². The molecule has 0 aromatic carbocycles. The van der Waals surface area contributed by atoms with E-state index in [0.717, 1.165) is 24.5 Å². The predicted molar refractivity (Wildman–Crippen MR) is 53.5 cm³/mol. The van der Waals surface area contributed by atoms with Gasteiger partial charge in [-0.2, -0.15) is 11.8 Å². The van der Waals surface area contributed by atoms with E-state index >= 15 is 0 Å². The number of rotatable bonds is 8. The number of nitrogens with two attached hydrogens (primary N) is 1. The van der Waals surface area contributed by atoms with E-state index in [1.807, 2.05) is 18.7 Å². The van der Waals surface area contributed by atoms with Crippen LogP contribution in [-0.2, 0) is 4.74 Å². The molecule has 0 aromatic heterocycles. The molecule has 12 heavy (non-hydrogen) atoms. The minimum Gasteiger partial charge on any atom is -0.394 e. The van der Waals surface area contributed by atoms with Crippen LogP contribution in [0.5, 0.6) is 0 Å². The van der Waals surface area contributed by atoms with Gasteiger partial charge in [-0.3, -0.25) is 0 Å². The van der Waals surface area contributed by atoms with Gasteiger partial charge in [0.15, 0.2) is 0 Å². The zero-order valence-electron chi connectivity index (χ0n) is 7.66. The van der Waals surface area contributed by atoms with Crippen molar-refractivity contribution < 1.29 is 9.84 Å². The van der Waals surface area contributed by atoms with E-state index in [1.165, 1.54) is 0 Å². The standard InChI is InChI=1S/C8H19NO2S/c1-8(9)2-6-12-7-5-11-4-3-10/h8,10H,2-7,9H2,1H3. The Morgan fingerprint density at radius 3 is 2.75 bits per heavy atom. The first-order valence-corrected chi connectivity index (χ1v) is 5.44. The molecule has 0 spiro atoms. The van der Waals surface area contributed by atoms with Gasteiger partial charge in [0.05, 0.1) is 19.8 Å². The molecule has 0 amide bonds. The Labute approximate surface area is 78.7 Å². The van der Waals surface area contributed by atoms with Gasteiger partial charge in [0.25, 0.3) is 0 Å². The third kappa shape index (κ3) is 10.2. The molecular formula is C8H19NO2S. The maximum Gasteiger partial charge on any atom is 0.0698 e. The average Bonchev–Trinajstić information content (AvgIpc) is 2.02. The molecule has 0 aliphatic rings. The lowest BCUT2D eigenvalue weighted by Gasteiger charge is -2.04. The fourth-order valence-corrected chi connectivity index (χ4v) is 1.63. The summed E-state index contributed by atoms with van der Waals surface area (Å²) in [5.41, 5.74) is 5.58. The van der Waals surface area contributed by atoms with Crippen LogP contribution >= 0.6 is 11.8 Å². The molecule has 3 nitrogen and oxygen atoms in total. The highest BCUT2D eigenvalue weighted by Gasteiger charge is 1.94. The van der Waals surface area contributed by atoms with E-state index < -0.39 is 0 Å². The number of hydrogen-bond acceptors (Lipinski definition) is 4. The summed E-state index contributed by atoms with van der Waals surface area (Å²) in [6.07, 6.45) is 1.06. The fraction of sp³-hybridized carbons (Fsp3) is 1.00. The van der Waals surface area contributed by atoms with Gasteiger partial charge in [-0.1, -0.05) is 0 Å². The quantitative estimate of drug-likeness (QED) is 0.550. The molecule has 1 atom stereocenters. The van der Waals surface area contributed by atoms with Crippen LogP contribution in [0.4, 0.5) is 0 Å². The zero-order valence-corrected chi connectivity index (χ0v) is 8.48. The Morgan fingerprint density at radius 1 is 1.42 bits per heavy atom. The van der Waals surface area contributed by atoms with Gasteiger partial charge in [-0.25, -0.2) is 0 Å². The molecular weight excluding hydrogens is 174 g/mol. The molecule has 0 rings (SSSR count). The van der Waals surface area contributed by atoms with Crippen LogP contribution in [0, 0.1) is 0 Å². The van der Waals surface area contributed by atoms with E-state index in [9.17, 15) is 0 Å². The number of aliphatic hydroxyl groups is 1. The minimum absolute atomic E-state index is 0.116. The van der Waals surface area contributed by atoms with E-state index in [1.54, 1.807) is 0 Å². The Balaban J connectivity index is 2.82. The van der Waals surface area contributed by atoms with E-state index in [0.29, 0.717) is 12.6 Å². The predicted octanol–water partition coefficient (Wildman–Crippen LogP) is 0.466. The monoisotopic (exact) mass is 193 g/mol. The van der Waals surface area contributed by atoms with Crippen molar-refractivity contribution in [2.24, 2.45) is 5.73 Å². The van der Waals surface area contributed by atoms with Crippen molar-refractivity contribution in [2.45, 2.75) is 19.4 Å². The number of thioether (sulfide) groups is 1. The molecule has 74 valence electrons. The van der Waals surface area contributed by atoms with Crippen molar-refractivity contribution in [2.75, 3.05) is 31.3 Å². The third-order valence-electron chi connectivity index (χ3n) is 1.33. The summed E-state index contributed by atoms with van der Waals surface area (Å²) in [5.74, 6) is 2.09. The van der Waals surface area contributed by atoms with Crippen molar-refractivity contribution in [3.05, 3.63) is 0 Å². The van der Waals surface area contributed by atoms with E-state index in [2.05, 4.69) is 0 Å². The van der Waals surface area contributed by atoms with Gasteiger partial charge in [0, 0.05) is 11.8 Å². The number of ether oxygens (including phenoxy) is 1. The van der Waals surface area contributed by atoms with Gasteiger partial charge >= 0.3 is 0 Å². The summed E-state index contributed by atoms with van der Waals surface area (Å²) in [5, 5.41) is 8.39. The Kier molecular flexibility index (Phi) is 9.50. The molecule has 0 aliphatic carbocycles. The average molecular weight is 193 g/mol. The molecule has 0 fully saturated rings. The van der Waals surface area contributed by atoms with E-state index in [-0.39, 0.29) is 6.61 Å². The summed E-state index contributed by atoms with van der Waals surface area (Å²) in [7, 11) is 0. The van der Waals surface area contributed by atoms with Crippen LogP contribution in [0.1, 0.15) is 13.3 Å². The molecule has 0 bridgehead atoms. The zero-order chi connectivity index (χ0) is 9.23. The van der Waals surface area contributed by atoms with Crippen LogP contribution in [0.15, 0.2) is 0 Å². The van der Waals surface area contributed by atoms with Crippen LogP contribution in [0.25, 0.3) is 0 Å². The second kappa shape index (κ2) is 9.32. The summed E-state index contributed by atoms with van der Waals surface area (Å²) >= 11 is 1.85. The lowest BCUT2D eigenvalue weighted by molar-refractivity contribution is 0.103. The fourth-order valence-electron chi connectivity index (χ4n) is 0.656. The first-order valence-electron chi connectivity index (χ1n) is 4.29. The molecule has 0 heterocycles. The molecule has 0 aromatic rings. The smallest absolute Gasteiger partial charge is 0.0698 e. The molecule has 0 saturated carbocycles. The summed E-state index contributed by atoms with van der Waals surface area (Å²) in [6, 6.07) is 0.302. The molecule has 0 radical (unpaired) electrons. The second-order valence-electron chi connectivity index (χ2n) is 2.71. The summed E-state index contributed by atoms with van der Waals surface area (Å²) < 4.78 is 5.09. The topological polar surface area (TPSA) is 55.5 Å². The maximum absolute atomic E-state index is 8.39. The number of aliphatic hydroxyl groups excluding tert-OH is 1. The van der Waals surface area contributed by atoms with Crippen molar-refractivity contribution in [1.82, 2.24) is 0 Å².